The molecule has 2 unspecified atom stereocenters. The van der Waals surface area contributed by atoms with Crippen LogP contribution in [0.3, 0.4) is 0 Å². The summed E-state index contributed by atoms with van der Waals surface area (Å²) in [7, 11) is 1.93. The van der Waals surface area contributed by atoms with Gasteiger partial charge in [-0.1, -0.05) is 36.4 Å². The van der Waals surface area contributed by atoms with Gasteiger partial charge in [-0.15, -0.1) is 0 Å². The monoisotopic (exact) mass is 285 g/mol. The average molecular weight is 285 g/mol. The molecule has 2 nitrogen and oxygen atoms in total. The maximum atomic E-state index is 14.1. The predicted octanol–water partition coefficient (Wildman–Crippen LogP) is 3.79. The normalized spacial score (nSPS) is 20.9. The van der Waals surface area contributed by atoms with Crippen molar-refractivity contribution in [3.8, 4) is 5.75 Å². The van der Waals surface area contributed by atoms with Crippen molar-refractivity contribution < 1.29 is 9.13 Å². The smallest absolute Gasteiger partial charge is 0.167 e. The molecule has 0 heterocycles. The highest BCUT2D eigenvalue weighted by Crippen LogP contribution is 2.33. The summed E-state index contributed by atoms with van der Waals surface area (Å²) in [6, 6.07) is 13.8. The van der Waals surface area contributed by atoms with Crippen LogP contribution in [-0.4, -0.2) is 13.2 Å². The fourth-order valence-electron chi connectivity index (χ4n) is 3.07. The van der Waals surface area contributed by atoms with Gasteiger partial charge in [-0.05, 0) is 49.6 Å². The molecule has 3 rings (SSSR count). The number of halogens is 1. The molecule has 0 saturated carbocycles. The van der Waals surface area contributed by atoms with Crippen LogP contribution in [0, 0.1) is 12.7 Å². The van der Waals surface area contributed by atoms with Gasteiger partial charge >= 0.3 is 0 Å². The van der Waals surface area contributed by atoms with E-state index >= 15 is 0 Å². The maximum Gasteiger partial charge on any atom is 0.167 e. The Hall–Kier alpha value is -1.87. The summed E-state index contributed by atoms with van der Waals surface area (Å²) in [4.78, 5) is 0. The molecule has 21 heavy (non-hydrogen) atoms. The predicted molar refractivity (Wildman–Crippen MR) is 82.1 cm³/mol. The molecule has 0 bridgehead atoms. The van der Waals surface area contributed by atoms with Crippen LogP contribution >= 0.6 is 0 Å². The first-order valence-corrected chi connectivity index (χ1v) is 7.37. The highest BCUT2D eigenvalue weighted by Gasteiger charge is 2.30. The van der Waals surface area contributed by atoms with Crippen molar-refractivity contribution >= 4 is 0 Å². The summed E-state index contributed by atoms with van der Waals surface area (Å²) >= 11 is 0. The Morgan fingerprint density at radius 1 is 1.14 bits per heavy atom. The molecule has 1 aliphatic carbocycles. The quantitative estimate of drug-likeness (QED) is 0.926. The summed E-state index contributed by atoms with van der Waals surface area (Å²) in [5.74, 6) is 0.0887. The van der Waals surface area contributed by atoms with Crippen molar-refractivity contribution in [3.05, 3.63) is 65.0 Å². The number of rotatable bonds is 3. The molecule has 2 aromatic carbocycles. The molecule has 3 heteroatoms. The van der Waals surface area contributed by atoms with Crippen LogP contribution in [0.1, 0.15) is 29.2 Å². The third-order valence-electron chi connectivity index (χ3n) is 4.21. The Kier molecular flexibility index (Phi) is 3.93. The Morgan fingerprint density at radius 2 is 1.95 bits per heavy atom. The Bertz CT molecular complexity index is 641. The Balaban J connectivity index is 1.88. The van der Waals surface area contributed by atoms with E-state index < -0.39 is 0 Å². The number of benzene rings is 2. The third kappa shape index (κ3) is 2.66. The minimum absolute atomic E-state index is 0.0544. The topological polar surface area (TPSA) is 21.3 Å². The van der Waals surface area contributed by atoms with Gasteiger partial charge in [0.1, 0.15) is 6.10 Å². The molecule has 0 spiro atoms. The number of fused-ring (bicyclic) bond motifs is 1. The summed E-state index contributed by atoms with van der Waals surface area (Å²) in [5, 5.41) is 3.32. The van der Waals surface area contributed by atoms with E-state index in [1.54, 1.807) is 19.1 Å². The van der Waals surface area contributed by atoms with Crippen molar-refractivity contribution in [1.82, 2.24) is 5.32 Å². The average Bonchev–Trinajstić information content (AvgIpc) is 2.51. The van der Waals surface area contributed by atoms with Crippen LogP contribution in [-0.2, 0) is 6.42 Å². The molecule has 1 N–H and O–H groups in total. The molecular weight excluding hydrogens is 265 g/mol. The summed E-state index contributed by atoms with van der Waals surface area (Å²) < 4.78 is 20.1. The lowest BCUT2D eigenvalue weighted by Crippen LogP contribution is -2.38. The molecule has 110 valence electrons. The first kappa shape index (κ1) is 14.1. The number of nitrogens with one attached hydrogen (secondary N) is 1. The van der Waals surface area contributed by atoms with E-state index in [2.05, 4.69) is 23.5 Å². The van der Waals surface area contributed by atoms with Crippen LogP contribution < -0.4 is 10.1 Å². The second-order valence-electron chi connectivity index (χ2n) is 5.55. The minimum Gasteiger partial charge on any atom is -0.485 e. The minimum atomic E-state index is -0.258. The molecule has 0 aromatic heterocycles. The van der Waals surface area contributed by atoms with Gasteiger partial charge in [-0.25, -0.2) is 4.39 Å². The van der Waals surface area contributed by atoms with Gasteiger partial charge in [0, 0.05) is 0 Å². The lowest BCUT2D eigenvalue weighted by Gasteiger charge is -2.33. The van der Waals surface area contributed by atoms with Gasteiger partial charge in [-0.3, -0.25) is 0 Å². The number of likely N-dealkylation sites (N-methyl/N-ethyl adjacent to an activating group) is 1. The zero-order valence-electron chi connectivity index (χ0n) is 12.4. The van der Waals surface area contributed by atoms with E-state index in [4.69, 9.17) is 4.74 Å². The van der Waals surface area contributed by atoms with Gasteiger partial charge in [0.05, 0.1) is 6.04 Å². The summed E-state index contributed by atoms with van der Waals surface area (Å²) in [5.41, 5.74) is 3.22. The lowest BCUT2D eigenvalue weighted by atomic mass is 9.85. The Morgan fingerprint density at radius 3 is 2.76 bits per heavy atom. The van der Waals surface area contributed by atoms with Crippen LogP contribution in [0.25, 0.3) is 0 Å². The molecule has 2 atom stereocenters. The van der Waals surface area contributed by atoms with Crippen molar-refractivity contribution in [2.45, 2.75) is 31.9 Å². The van der Waals surface area contributed by atoms with Crippen molar-refractivity contribution in [2.75, 3.05) is 7.05 Å². The van der Waals surface area contributed by atoms with Gasteiger partial charge in [0.25, 0.3) is 0 Å². The van der Waals surface area contributed by atoms with Crippen molar-refractivity contribution in [1.29, 1.82) is 0 Å². The van der Waals surface area contributed by atoms with E-state index in [0.29, 0.717) is 11.3 Å². The fraction of sp³-hybridized carbons (Fsp3) is 0.333. The standard InChI is InChI=1S/C18H20FNO/c1-12-6-5-9-15(17(12)19)21-16-11-10-13-7-3-4-8-14(13)18(16)20-2/h3-9,16,18,20H,10-11H2,1-2H3. The highest BCUT2D eigenvalue weighted by atomic mass is 19.1. The van der Waals surface area contributed by atoms with Gasteiger partial charge in [-0.2, -0.15) is 0 Å². The zero-order chi connectivity index (χ0) is 14.8. The van der Waals surface area contributed by atoms with E-state index in [-0.39, 0.29) is 18.0 Å². The van der Waals surface area contributed by atoms with E-state index in [1.807, 2.05) is 19.2 Å². The first-order chi connectivity index (χ1) is 10.2. The van der Waals surface area contributed by atoms with Crippen LogP contribution in [0.4, 0.5) is 4.39 Å². The zero-order valence-corrected chi connectivity index (χ0v) is 12.4. The molecule has 2 aromatic rings. The maximum absolute atomic E-state index is 14.1. The van der Waals surface area contributed by atoms with Crippen molar-refractivity contribution in [2.24, 2.45) is 0 Å². The molecule has 0 amide bonds. The summed E-state index contributed by atoms with van der Waals surface area (Å²) in [6.07, 6.45) is 1.80. The third-order valence-corrected chi connectivity index (χ3v) is 4.21. The van der Waals surface area contributed by atoms with Crippen LogP contribution in [0.2, 0.25) is 0 Å². The second-order valence-corrected chi connectivity index (χ2v) is 5.55. The van der Waals surface area contributed by atoms with Crippen LogP contribution in [0.5, 0.6) is 5.75 Å². The number of ether oxygens (including phenoxy) is 1. The first-order valence-electron chi connectivity index (χ1n) is 7.37. The largest absolute Gasteiger partial charge is 0.485 e. The summed E-state index contributed by atoms with van der Waals surface area (Å²) in [6.45, 7) is 1.76. The van der Waals surface area contributed by atoms with Gasteiger partial charge in [0.15, 0.2) is 11.6 Å². The number of hydrogen-bond donors (Lipinski definition) is 1. The molecule has 0 radical (unpaired) electrons. The molecular formula is C18H20FNO. The SMILES string of the molecule is CNC1c2ccccc2CCC1Oc1cccc(C)c1F. The fourth-order valence-corrected chi connectivity index (χ4v) is 3.07. The highest BCUT2D eigenvalue weighted by molar-refractivity contribution is 5.35. The lowest BCUT2D eigenvalue weighted by molar-refractivity contribution is 0.133. The molecule has 1 aliphatic rings. The van der Waals surface area contributed by atoms with Gasteiger partial charge < -0.3 is 10.1 Å². The van der Waals surface area contributed by atoms with E-state index in [0.717, 1.165) is 12.8 Å². The molecule has 0 fully saturated rings. The van der Waals surface area contributed by atoms with Crippen molar-refractivity contribution in [3.63, 3.8) is 0 Å². The van der Waals surface area contributed by atoms with E-state index in [9.17, 15) is 4.39 Å². The van der Waals surface area contributed by atoms with Gasteiger partial charge in [0.2, 0.25) is 0 Å². The van der Waals surface area contributed by atoms with Crippen LogP contribution in [0.15, 0.2) is 42.5 Å². The number of aryl methyl sites for hydroxylation is 2. The molecule has 0 aliphatic heterocycles. The Labute approximate surface area is 125 Å². The second kappa shape index (κ2) is 5.86. The molecule has 0 saturated heterocycles. The number of hydrogen-bond acceptors (Lipinski definition) is 2. The van der Waals surface area contributed by atoms with E-state index in [1.165, 1.54) is 11.1 Å².